The van der Waals surface area contributed by atoms with Crippen molar-refractivity contribution in [3.63, 3.8) is 0 Å². The van der Waals surface area contributed by atoms with Crippen LogP contribution in [0.25, 0.3) is 0 Å². The molecule has 3 aromatic rings. The van der Waals surface area contributed by atoms with Crippen LogP contribution in [0.1, 0.15) is 16.7 Å². The van der Waals surface area contributed by atoms with Gasteiger partial charge in [-0.1, -0.05) is 41.4 Å². The number of hydrogen-bond donors (Lipinski definition) is 1. The molecule has 0 aromatic heterocycles. The van der Waals surface area contributed by atoms with Gasteiger partial charge in [0, 0.05) is 22.3 Å². The molecule has 0 saturated heterocycles. The first-order valence-corrected chi connectivity index (χ1v) is 10.6. The first kappa shape index (κ1) is 20.5. The standard InChI is InChI=1S/C21H17Br2Cl2NO/c1-13-19(25)6-3-7-20(13)26-11-15-9-17(22)21(18(23)10-15)27-12-14-4-2-5-16(24)8-14/h2-10,26H,11-12H2,1H3. The third-order valence-electron chi connectivity index (χ3n) is 4.08. The minimum absolute atomic E-state index is 0.442. The average molecular weight is 530 g/mol. The van der Waals surface area contributed by atoms with Gasteiger partial charge in [0.25, 0.3) is 0 Å². The lowest BCUT2D eigenvalue weighted by atomic mass is 10.1. The van der Waals surface area contributed by atoms with Crippen molar-refractivity contribution in [3.05, 3.63) is 90.3 Å². The molecule has 0 radical (unpaired) electrons. The Balaban J connectivity index is 1.70. The van der Waals surface area contributed by atoms with E-state index in [0.717, 1.165) is 42.1 Å². The normalized spacial score (nSPS) is 10.7. The van der Waals surface area contributed by atoms with Crippen molar-refractivity contribution in [2.75, 3.05) is 5.32 Å². The van der Waals surface area contributed by atoms with E-state index >= 15 is 0 Å². The van der Waals surface area contributed by atoms with Gasteiger partial charge in [-0.05, 0) is 91.9 Å². The molecule has 0 amide bonds. The number of hydrogen-bond acceptors (Lipinski definition) is 2. The summed E-state index contributed by atoms with van der Waals surface area (Å²) in [6.45, 7) is 3.12. The molecule has 0 heterocycles. The summed E-state index contributed by atoms with van der Waals surface area (Å²) in [6.07, 6.45) is 0. The Morgan fingerprint density at radius 2 is 1.63 bits per heavy atom. The van der Waals surface area contributed by atoms with Crippen molar-refractivity contribution in [1.29, 1.82) is 0 Å². The van der Waals surface area contributed by atoms with E-state index in [-0.39, 0.29) is 0 Å². The number of halogens is 4. The van der Waals surface area contributed by atoms with Crippen LogP contribution in [0.2, 0.25) is 10.0 Å². The molecule has 0 aliphatic carbocycles. The number of ether oxygens (including phenoxy) is 1. The van der Waals surface area contributed by atoms with Gasteiger partial charge in [0.05, 0.1) is 8.95 Å². The molecule has 3 rings (SSSR count). The highest BCUT2D eigenvalue weighted by Crippen LogP contribution is 2.36. The third kappa shape index (κ3) is 5.41. The Hall–Kier alpha value is -1.20. The zero-order valence-electron chi connectivity index (χ0n) is 14.5. The van der Waals surface area contributed by atoms with Crippen LogP contribution in [0.3, 0.4) is 0 Å². The van der Waals surface area contributed by atoms with E-state index < -0.39 is 0 Å². The molecule has 6 heteroatoms. The summed E-state index contributed by atoms with van der Waals surface area (Å²) in [6, 6.07) is 17.6. The SMILES string of the molecule is Cc1c(Cl)cccc1NCc1cc(Br)c(OCc2cccc(Cl)c2)c(Br)c1. The summed E-state index contributed by atoms with van der Waals surface area (Å²) in [5.41, 5.74) is 4.20. The van der Waals surface area contributed by atoms with E-state index in [0.29, 0.717) is 18.2 Å². The zero-order valence-corrected chi connectivity index (χ0v) is 19.2. The summed E-state index contributed by atoms with van der Waals surface area (Å²) in [5.74, 6) is 0.762. The summed E-state index contributed by atoms with van der Waals surface area (Å²) in [5, 5.41) is 4.88. The highest BCUT2D eigenvalue weighted by atomic mass is 79.9. The summed E-state index contributed by atoms with van der Waals surface area (Å²) in [7, 11) is 0. The zero-order chi connectivity index (χ0) is 19.4. The minimum atomic E-state index is 0.442. The molecule has 0 spiro atoms. The molecule has 27 heavy (non-hydrogen) atoms. The first-order valence-electron chi connectivity index (χ1n) is 8.28. The Kier molecular flexibility index (Phi) is 7.10. The molecule has 0 fully saturated rings. The molecule has 1 N–H and O–H groups in total. The third-order valence-corrected chi connectivity index (χ3v) is 5.90. The molecule has 0 aliphatic rings. The predicted octanol–water partition coefficient (Wildman–Crippen LogP) is 8.02. The smallest absolute Gasteiger partial charge is 0.148 e. The highest BCUT2D eigenvalue weighted by molar-refractivity contribution is 9.11. The minimum Gasteiger partial charge on any atom is -0.487 e. The van der Waals surface area contributed by atoms with E-state index in [1.54, 1.807) is 0 Å². The second-order valence-electron chi connectivity index (χ2n) is 6.07. The molecular formula is C21H17Br2Cl2NO. The van der Waals surface area contributed by atoms with Crippen molar-refractivity contribution < 1.29 is 4.74 Å². The van der Waals surface area contributed by atoms with Crippen LogP contribution in [0, 0.1) is 6.92 Å². The number of nitrogens with one attached hydrogen (secondary N) is 1. The van der Waals surface area contributed by atoms with E-state index in [9.17, 15) is 0 Å². The fourth-order valence-electron chi connectivity index (χ4n) is 2.63. The van der Waals surface area contributed by atoms with Crippen LogP contribution < -0.4 is 10.1 Å². The van der Waals surface area contributed by atoms with Gasteiger partial charge in [-0.25, -0.2) is 0 Å². The van der Waals surface area contributed by atoms with E-state index in [1.165, 1.54) is 0 Å². The van der Waals surface area contributed by atoms with Gasteiger partial charge >= 0.3 is 0 Å². The maximum atomic E-state index is 6.18. The van der Waals surface area contributed by atoms with Crippen LogP contribution in [-0.2, 0) is 13.2 Å². The number of benzene rings is 3. The van der Waals surface area contributed by atoms with Crippen molar-refractivity contribution >= 4 is 60.7 Å². The highest BCUT2D eigenvalue weighted by Gasteiger charge is 2.10. The van der Waals surface area contributed by atoms with Crippen LogP contribution in [0.5, 0.6) is 5.75 Å². The predicted molar refractivity (Wildman–Crippen MR) is 121 cm³/mol. The lowest BCUT2D eigenvalue weighted by Crippen LogP contribution is -2.03. The van der Waals surface area contributed by atoms with E-state index in [4.69, 9.17) is 27.9 Å². The first-order chi connectivity index (χ1) is 12.9. The molecule has 2 nitrogen and oxygen atoms in total. The van der Waals surface area contributed by atoms with Crippen molar-refractivity contribution in [2.24, 2.45) is 0 Å². The Morgan fingerprint density at radius 1 is 0.926 bits per heavy atom. The number of rotatable bonds is 6. The van der Waals surface area contributed by atoms with Crippen LogP contribution in [0.4, 0.5) is 5.69 Å². The molecule has 0 saturated carbocycles. The van der Waals surface area contributed by atoms with E-state index in [1.807, 2.05) is 61.5 Å². The Labute approximate surface area is 186 Å². The van der Waals surface area contributed by atoms with Gasteiger partial charge < -0.3 is 10.1 Å². The average Bonchev–Trinajstić information content (AvgIpc) is 2.62. The topological polar surface area (TPSA) is 21.3 Å². The quantitative estimate of drug-likeness (QED) is 0.349. The monoisotopic (exact) mass is 527 g/mol. The largest absolute Gasteiger partial charge is 0.487 e. The van der Waals surface area contributed by atoms with Crippen molar-refractivity contribution in [1.82, 2.24) is 0 Å². The van der Waals surface area contributed by atoms with Crippen LogP contribution in [0.15, 0.2) is 63.5 Å². The Bertz CT molecular complexity index is 940. The summed E-state index contributed by atoms with van der Waals surface area (Å²) < 4.78 is 7.75. The Morgan fingerprint density at radius 3 is 2.33 bits per heavy atom. The maximum absolute atomic E-state index is 6.18. The lowest BCUT2D eigenvalue weighted by molar-refractivity contribution is 0.302. The van der Waals surface area contributed by atoms with Crippen molar-refractivity contribution in [2.45, 2.75) is 20.1 Å². The number of anilines is 1. The molecule has 0 unspecified atom stereocenters. The lowest BCUT2D eigenvalue weighted by Gasteiger charge is -2.14. The van der Waals surface area contributed by atoms with Gasteiger partial charge in [0.1, 0.15) is 12.4 Å². The molecule has 0 aliphatic heterocycles. The van der Waals surface area contributed by atoms with Gasteiger partial charge in [-0.3, -0.25) is 0 Å². The van der Waals surface area contributed by atoms with Gasteiger partial charge in [-0.2, -0.15) is 0 Å². The van der Waals surface area contributed by atoms with Gasteiger partial charge in [0.15, 0.2) is 0 Å². The summed E-state index contributed by atoms with van der Waals surface area (Å²) in [4.78, 5) is 0. The van der Waals surface area contributed by atoms with Crippen LogP contribution in [-0.4, -0.2) is 0 Å². The van der Waals surface area contributed by atoms with E-state index in [2.05, 4.69) is 37.2 Å². The fourth-order valence-corrected chi connectivity index (χ4v) is 4.53. The molecule has 0 bridgehead atoms. The van der Waals surface area contributed by atoms with Crippen LogP contribution >= 0.6 is 55.1 Å². The molecule has 3 aromatic carbocycles. The van der Waals surface area contributed by atoms with Gasteiger partial charge in [-0.15, -0.1) is 0 Å². The summed E-state index contributed by atoms with van der Waals surface area (Å²) >= 11 is 19.4. The maximum Gasteiger partial charge on any atom is 0.148 e. The fraction of sp³-hybridized carbons (Fsp3) is 0.143. The van der Waals surface area contributed by atoms with Crippen molar-refractivity contribution in [3.8, 4) is 5.75 Å². The second-order valence-corrected chi connectivity index (χ2v) is 8.63. The second kappa shape index (κ2) is 9.33. The molecule has 0 atom stereocenters. The van der Waals surface area contributed by atoms with Gasteiger partial charge in [0.2, 0.25) is 0 Å². The molecular weight excluding hydrogens is 513 g/mol. The molecule has 140 valence electrons.